The highest BCUT2D eigenvalue weighted by Gasteiger charge is 2.28. The number of ether oxygens (including phenoxy) is 2. The predicted molar refractivity (Wildman–Crippen MR) is 86.3 cm³/mol. The zero-order chi connectivity index (χ0) is 17.3. The van der Waals surface area contributed by atoms with Gasteiger partial charge in [-0.15, -0.1) is 0 Å². The predicted octanol–water partition coefficient (Wildman–Crippen LogP) is 1.69. The van der Waals surface area contributed by atoms with Crippen LogP contribution in [0.5, 0.6) is 0 Å². The van der Waals surface area contributed by atoms with Crippen LogP contribution < -0.4 is 10.6 Å². The number of methoxy groups -OCH3 is 2. The molecule has 0 heterocycles. The molecular weight excluding hydrogens is 284 g/mol. The van der Waals surface area contributed by atoms with Crippen molar-refractivity contribution in [2.24, 2.45) is 11.8 Å². The van der Waals surface area contributed by atoms with Crippen LogP contribution in [0.1, 0.15) is 47.5 Å². The second kappa shape index (κ2) is 10.6. The lowest BCUT2D eigenvalue weighted by atomic mass is 10.00. The summed E-state index contributed by atoms with van der Waals surface area (Å²) in [6, 6.07) is -0.799. The van der Waals surface area contributed by atoms with Gasteiger partial charge in [-0.25, -0.2) is 0 Å². The third kappa shape index (κ3) is 8.34. The molecular formula is C16H32N2O4. The summed E-state index contributed by atoms with van der Waals surface area (Å²) in [5.74, 6) is 0.263. The molecule has 0 aliphatic rings. The first-order valence-electron chi connectivity index (χ1n) is 7.84. The van der Waals surface area contributed by atoms with Gasteiger partial charge in [-0.05, 0) is 24.7 Å². The van der Waals surface area contributed by atoms with Crippen molar-refractivity contribution in [2.45, 2.75) is 65.8 Å². The summed E-state index contributed by atoms with van der Waals surface area (Å²) in [7, 11) is 3.10. The Labute approximate surface area is 134 Å². The van der Waals surface area contributed by atoms with E-state index >= 15 is 0 Å². The van der Waals surface area contributed by atoms with Crippen LogP contribution >= 0.6 is 0 Å². The van der Waals surface area contributed by atoms with Crippen molar-refractivity contribution in [3.8, 4) is 0 Å². The van der Waals surface area contributed by atoms with E-state index in [1.165, 1.54) is 6.92 Å². The van der Waals surface area contributed by atoms with Gasteiger partial charge in [-0.2, -0.15) is 0 Å². The number of hydrogen-bond donors (Lipinski definition) is 2. The van der Waals surface area contributed by atoms with E-state index in [0.29, 0.717) is 18.3 Å². The third-order valence-electron chi connectivity index (χ3n) is 3.25. The van der Waals surface area contributed by atoms with E-state index in [1.807, 2.05) is 13.8 Å². The zero-order valence-electron chi connectivity index (χ0n) is 14.9. The second-order valence-corrected chi connectivity index (χ2v) is 6.47. The number of hydrogen-bond acceptors (Lipinski definition) is 4. The topological polar surface area (TPSA) is 76.7 Å². The molecule has 0 radical (unpaired) electrons. The summed E-state index contributed by atoms with van der Waals surface area (Å²) in [6.45, 7) is 9.59. The average Bonchev–Trinajstić information content (AvgIpc) is 2.37. The van der Waals surface area contributed by atoms with Crippen molar-refractivity contribution < 1.29 is 19.1 Å². The fourth-order valence-electron chi connectivity index (χ4n) is 2.40. The Morgan fingerprint density at radius 1 is 0.909 bits per heavy atom. The quantitative estimate of drug-likeness (QED) is 0.601. The van der Waals surface area contributed by atoms with Gasteiger partial charge in [0, 0.05) is 21.1 Å². The van der Waals surface area contributed by atoms with E-state index in [2.05, 4.69) is 24.5 Å². The van der Waals surface area contributed by atoms with Gasteiger partial charge in [-0.1, -0.05) is 27.7 Å². The number of carbonyl (C=O) groups excluding carboxylic acids is 2. The molecule has 0 saturated heterocycles. The minimum Gasteiger partial charge on any atom is -0.354 e. The van der Waals surface area contributed by atoms with Crippen molar-refractivity contribution >= 4 is 11.8 Å². The van der Waals surface area contributed by atoms with Crippen molar-refractivity contribution in [3.63, 3.8) is 0 Å². The molecule has 130 valence electrons. The van der Waals surface area contributed by atoms with Gasteiger partial charge in [0.2, 0.25) is 11.8 Å². The molecule has 0 spiro atoms. The normalized spacial score (nSPS) is 14.3. The highest BCUT2D eigenvalue weighted by atomic mass is 16.7. The van der Waals surface area contributed by atoms with Gasteiger partial charge < -0.3 is 20.1 Å². The second-order valence-electron chi connectivity index (χ2n) is 6.47. The van der Waals surface area contributed by atoms with Gasteiger partial charge in [0.05, 0.1) is 6.04 Å². The molecule has 0 rings (SSSR count). The van der Waals surface area contributed by atoms with E-state index in [4.69, 9.17) is 9.47 Å². The van der Waals surface area contributed by atoms with Gasteiger partial charge in [-0.3, -0.25) is 9.59 Å². The first-order valence-corrected chi connectivity index (χ1v) is 7.84. The maximum absolute atomic E-state index is 12.5. The molecule has 2 N–H and O–H groups in total. The zero-order valence-corrected chi connectivity index (χ0v) is 14.9. The SMILES string of the molecule is COC(OC)C(CC(C)C)NC(=O)[C@H](CC(C)C)NC(C)=O. The molecule has 0 aliphatic heterocycles. The van der Waals surface area contributed by atoms with Crippen LogP contribution in [-0.4, -0.2) is 44.4 Å². The molecule has 0 fully saturated rings. The Kier molecular flexibility index (Phi) is 10.0. The highest BCUT2D eigenvalue weighted by molar-refractivity contribution is 5.87. The Morgan fingerprint density at radius 3 is 1.77 bits per heavy atom. The van der Waals surface area contributed by atoms with Crippen LogP contribution in [0.2, 0.25) is 0 Å². The van der Waals surface area contributed by atoms with Crippen LogP contribution in [0.3, 0.4) is 0 Å². The summed E-state index contributed by atoms with van der Waals surface area (Å²) in [4.78, 5) is 23.8. The molecule has 0 aromatic carbocycles. The van der Waals surface area contributed by atoms with Crippen LogP contribution in [0.15, 0.2) is 0 Å². The third-order valence-corrected chi connectivity index (χ3v) is 3.25. The lowest BCUT2D eigenvalue weighted by Gasteiger charge is -2.29. The molecule has 0 aromatic heterocycles. The van der Waals surface area contributed by atoms with Crippen LogP contribution in [-0.2, 0) is 19.1 Å². The summed E-state index contributed by atoms with van der Waals surface area (Å²) >= 11 is 0. The standard InChI is InChI=1S/C16H32N2O4/c1-10(2)8-13(17-12(5)19)15(20)18-14(9-11(3)4)16(21-6)22-7/h10-11,13-14,16H,8-9H2,1-7H3,(H,17,19)(H,18,20)/t13-,14?/m0/s1. The molecule has 0 aliphatic carbocycles. The molecule has 2 atom stereocenters. The lowest BCUT2D eigenvalue weighted by Crippen LogP contribution is -2.53. The van der Waals surface area contributed by atoms with Crippen LogP contribution in [0, 0.1) is 11.8 Å². The Balaban J connectivity index is 4.96. The first kappa shape index (κ1) is 20.9. The lowest BCUT2D eigenvalue weighted by molar-refractivity contribution is -0.142. The maximum atomic E-state index is 12.5. The van der Waals surface area contributed by atoms with Gasteiger partial charge in [0.25, 0.3) is 0 Å². The van der Waals surface area contributed by atoms with E-state index in [1.54, 1.807) is 14.2 Å². The van der Waals surface area contributed by atoms with E-state index in [9.17, 15) is 9.59 Å². The molecule has 1 unspecified atom stereocenters. The largest absolute Gasteiger partial charge is 0.354 e. The summed E-state index contributed by atoms with van der Waals surface area (Å²) in [6.07, 6.45) is 0.806. The number of amides is 2. The summed E-state index contributed by atoms with van der Waals surface area (Å²) in [5.41, 5.74) is 0. The van der Waals surface area contributed by atoms with Crippen molar-refractivity contribution in [1.29, 1.82) is 0 Å². The minimum atomic E-state index is -0.540. The Bertz CT molecular complexity index is 341. The molecule has 6 nitrogen and oxygen atoms in total. The maximum Gasteiger partial charge on any atom is 0.242 e. The molecule has 0 aromatic rings. The van der Waals surface area contributed by atoms with Crippen molar-refractivity contribution in [1.82, 2.24) is 10.6 Å². The van der Waals surface area contributed by atoms with Crippen molar-refractivity contribution in [2.75, 3.05) is 14.2 Å². The molecule has 22 heavy (non-hydrogen) atoms. The Morgan fingerprint density at radius 2 is 1.41 bits per heavy atom. The van der Waals surface area contributed by atoms with Gasteiger partial charge in [0.15, 0.2) is 6.29 Å². The molecule has 2 amide bonds. The van der Waals surface area contributed by atoms with Crippen molar-refractivity contribution in [3.05, 3.63) is 0 Å². The number of nitrogens with one attached hydrogen (secondary N) is 2. The van der Waals surface area contributed by atoms with Crippen LogP contribution in [0.4, 0.5) is 0 Å². The number of rotatable bonds is 10. The van der Waals surface area contributed by atoms with E-state index < -0.39 is 12.3 Å². The highest BCUT2D eigenvalue weighted by Crippen LogP contribution is 2.13. The number of carbonyl (C=O) groups is 2. The van der Waals surface area contributed by atoms with Gasteiger partial charge in [0.1, 0.15) is 6.04 Å². The fourth-order valence-corrected chi connectivity index (χ4v) is 2.40. The Hall–Kier alpha value is -1.14. The summed E-state index contributed by atoms with van der Waals surface area (Å²) < 4.78 is 10.6. The smallest absolute Gasteiger partial charge is 0.242 e. The van der Waals surface area contributed by atoms with E-state index in [0.717, 1.165) is 6.42 Å². The van der Waals surface area contributed by atoms with Crippen LogP contribution in [0.25, 0.3) is 0 Å². The molecule has 6 heteroatoms. The summed E-state index contributed by atoms with van der Waals surface area (Å²) in [5, 5.41) is 5.67. The van der Waals surface area contributed by atoms with E-state index in [-0.39, 0.29) is 17.9 Å². The van der Waals surface area contributed by atoms with Gasteiger partial charge >= 0.3 is 0 Å². The monoisotopic (exact) mass is 316 g/mol. The average molecular weight is 316 g/mol. The molecule has 0 saturated carbocycles. The first-order chi connectivity index (χ1) is 10.2. The molecule has 0 bridgehead atoms. The minimum absolute atomic E-state index is 0.200. The fraction of sp³-hybridized carbons (Fsp3) is 0.875.